The van der Waals surface area contributed by atoms with E-state index in [0.717, 1.165) is 5.82 Å². The summed E-state index contributed by atoms with van der Waals surface area (Å²) in [7, 11) is 0. The zero-order chi connectivity index (χ0) is 14.5. The number of ether oxygens (including phenoxy) is 1. The predicted molar refractivity (Wildman–Crippen MR) is 72.0 cm³/mol. The Balaban J connectivity index is 1.97. The summed E-state index contributed by atoms with van der Waals surface area (Å²) >= 11 is 0. The number of carboxylic acid groups (broad SMARTS) is 1. The highest BCUT2D eigenvalue weighted by molar-refractivity contribution is 5.89. The highest BCUT2D eigenvalue weighted by Gasteiger charge is 2.21. The van der Waals surface area contributed by atoms with Gasteiger partial charge in [-0.2, -0.15) is 0 Å². The zero-order valence-electron chi connectivity index (χ0n) is 11.3. The van der Waals surface area contributed by atoms with Crippen LogP contribution < -0.4 is 4.90 Å². The fourth-order valence-electron chi connectivity index (χ4n) is 2.04. The third-order valence-corrected chi connectivity index (χ3v) is 3.13. The van der Waals surface area contributed by atoms with Gasteiger partial charge in [0, 0.05) is 32.4 Å². The number of hydrogen-bond donors (Lipinski definition) is 1. The molecule has 108 valence electrons. The van der Waals surface area contributed by atoms with E-state index >= 15 is 0 Å². The van der Waals surface area contributed by atoms with Crippen molar-refractivity contribution in [2.45, 2.75) is 6.92 Å². The third kappa shape index (κ3) is 3.17. The summed E-state index contributed by atoms with van der Waals surface area (Å²) in [5.41, 5.74) is 0.416. The van der Waals surface area contributed by atoms with Crippen molar-refractivity contribution in [1.29, 1.82) is 0 Å². The molecule has 1 aliphatic heterocycles. The van der Waals surface area contributed by atoms with Gasteiger partial charge in [-0.3, -0.25) is 0 Å². The molecule has 0 spiro atoms. The molecule has 1 aromatic rings. The maximum absolute atomic E-state index is 11.5. The molecule has 1 aliphatic rings. The largest absolute Gasteiger partial charge is 0.465 e. The van der Waals surface area contributed by atoms with Crippen molar-refractivity contribution >= 4 is 17.9 Å². The van der Waals surface area contributed by atoms with Crippen molar-refractivity contribution in [2.75, 3.05) is 37.7 Å². The van der Waals surface area contributed by atoms with Crippen LogP contribution in [0, 0.1) is 0 Å². The lowest BCUT2D eigenvalue weighted by atomic mass is 10.2. The summed E-state index contributed by atoms with van der Waals surface area (Å²) in [6.07, 6.45) is 0.590. The molecule has 7 nitrogen and oxygen atoms in total. The summed E-state index contributed by atoms with van der Waals surface area (Å²) in [5.74, 6) is 0.352. The molecule has 0 unspecified atom stereocenters. The number of rotatable bonds is 3. The molecule has 1 aromatic heterocycles. The van der Waals surface area contributed by atoms with Gasteiger partial charge in [0.15, 0.2) is 0 Å². The summed E-state index contributed by atoms with van der Waals surface area (Å²) in [4.78, 5) is 29.9. The number of nitrogens with zero attached hydrogens (tertiary/aromatic N) is 3. The van der Waals surface area contributed by atoms with Crippen LogP contribution in [-0.2, 0) is 4.74 Å². The molecule has 0 radical (unpaired) electrons. The van der Waals surface area contributed by atoms with Gasteiger partial charge >= 0.3 is 12.1 Å². The number of carbonyl (C=O) groups excluding carboxylic acids is 1. The molecule has 0 aliphatic carbocycles. The van der Waals surface area contributed by atoms with Crippen LogP contribution in [0.3, 0.4) is 0 Å². The average Bonchev–Trinajstić information content (AvgIpc) is 2.48. The van der Waals surface area contributed by atoms with Gasteiger partial charge in [-0.05, 0) is 19.1 Å². The van der Waals surface area contributed by atoms with E-state index in [9.17, 15) is 9.59 Å². The predicted octanol–water partition coefficient (Wildman–Crippen LogP) is 1.06. The van der Waals surface area contributed by atoms with Crippen molar-refractivity contribution in [3.8, 4) is 0 Å². The lowest BCUT2D eigenvalue weighted by molar-refractivity contribution is 0.0526. The Kier molecular flexibility index (Phi) is 4.39. The molecule has 0 atom stereocenters. The van der Waals surface area contributed by atoms with Gasteiger partial charge in [-0.1, -0.05) is 0 Å². The first-order valence-electron chi connectivity index (χ1n) is 6.48. The third-order valence-electron chi connectivity index (χ3n) is 3.13. The number of hydrogen-bond acceptors (Lipinski definition) is 5. The van der Waals surface area contributed by atoms with Crippen molar-refractivity contribution in [2.24, 2.45) is 0 Å². The zero-order valence-corrected chi connectivity index (χ0v) is 11.3. The summed E-state index contributed by atoms with van der Waals surface area (Å²) < 4.78 is 4.89. The van der Waals surface area contributed by atoms with Crippen molar-refractivity contribution in [1.82, 2.24) is 9.88 Å². The maximum Gasteiger partial charge on any atom is 0.407 e. The SMILES string of the molecule is CCOC(=O)c1ccc(N2CCN(C(=O)O)CC2)nc1. The lowest BCUT2D eigenvalue weighted by Gasteiger charge is -2.33. The number of amides is 1. The second-order valence-corrected chi connectivity index (χ2v) is 4.38. The minimum atomic E-state index is -0.893. The number of pyridine rings is 1. The smallest absolute Gasteiger partial charge is 0.407 e. The Bertz CT molecular complexity index is 481. The fraction of sp³-hybridized carbons (Fsp3) is 0.462. The topological polar surface area (TPSA) is 83.0 Å². The number of piperazine rings is 1. The normalized spacial score (nSPS) is 15.1. The van der Waals surface area contributed by atoms with Gasteiger partial charge < -0.3 is 19.6 Å². The van der Waals surface area contributed by atoms with E-state index in [2.05, 4.69) is 4.98 Å². The molecule has 1 fully saturated rings. The highest BCUT2D eigenvalue weighted by Crippen LogP contribution is 2.14. The number of carbonyl (C=O) groups is 2. The Morgan fingerprint density at radius 1 is 1.30 bits per heavy atom. The second-order valence-electron chi connectivity index (χ2n) is 4.38. The average molecular weight is 279 g/mol. The molecule has 2 heterocycles. The quantitative estimate of drug-likeness (QED) is 0.833. The summed E-state index contributed by atoms with van der Waals surface area (Å²) in [5, 5.41) is 8.88. The van der Waals surface area contributed by atoms with E-state index in [-0.39, 0.29) is 5.97 Å². The van der Waals surface area contributed by atoms with Crippen LogP contribution in [0.25, 0.3) is 0 Å². The van der Waals surface area contributed by atoms with E-state index in [1.807, 2.05) is 4.90 Å². The summed E-state index contributed by atoms with van der Waals surface area (Å²) in [6.45, 7) is 4.18. The van der Waals surface area contributed by atoms with Gasteiger partial charge in [0.2, 0.25) is 0 Å². The van der Waals surface area contributed by atoms with E-state index in [1.165, 1.54) is 11.1 Å². The fourth-order valence-corrected chi connectivity index (χ4v) is 2.04. The highest BCUT2D eigenvalue weighted by atomic mass is 16.5. The molecule has 20 heavy (non-hydrogen) atoms. The van der Waals surface area contributed by atoms with Crippen molar-refractivity contribution < 1.29 is 19.4 Å². The van der Waals surface area contributed by atoms with Crippen LogP contribution in [0.5, 0.6) is 0 Å². The monoisotopic (exact) mass is 279 g/mol. The summed E-state index contributed by atoms with van der Waals surface area (Å²) in [6, 6.07) is 3.42. The number of aromatic nitrogens is 1. The Labute approximate surface area is 116 Å². The number of anilines is 1. The van der Waals surface area contributed by atoms with Gasteiger partial charge in [0.05, 0.1) is 12.2 Å². The van der Waals surface area contributed by atoms with E-state index in [0.29, 0.717) is 38.3 Å². The standard InChI is InChI=1S/C13H17N3O4/c1-2-20-12(17)10-3-4-11(14-9-10)15-5-7-16(8-6-15)13(18)19/h3-4,9H,2,5-8H2,1H3,(H,18,19). The Morgan fingerprint density at radius 2 is 2.00 bits per heavy atom. The van der Waals surface area contributed by atoms with Gasteiger partial charge in [0.1, 0.15) is 5.82 Å². The van der Waals surface area contributed by atoms with E-state index < -0.39 is 6.09 Å². The first-order valence-corrected chi connectivity index (χ1v) is 6.48. The van der Waals surface area contributed by atoms with E-state index in [4.69, 9.17) is 9.84 Å². The maximum atomic E-state index is 11.5. The second kappa shape index (κ2) is 6.23. The molecule has 1 saturated heterocycles. The van der Waals surface area contributed by atoms with Crippen LogP contribution in [0.15, 0.2) is 18.3 Å². The Hall–Kier alpha value is -2.31. The van der Waals surface area contributed by atoms with Crippen molar-refractivity contribution in [3.05, 3.63) is 23.9 Å². The first kappa shape index (κ1) is 14.1. The Morgan fingerprint density at radius 3 is 2.50 bits per heavy atom. The van der Waals surface area contributed by atoms with Crippen LogP contribution in [0.1, 0.15) is 17.3 Å². The van der Waals surface area contributed by atoms with Crippen LogP contribution in [-0.4, -0.2) is 59.8 Å². The van der Waals surface area contributed by atoms with Gasteiger partial charge in [0.25, 0.3) is 0 Å². The number of esters is 1. The molecular weight excluding hydrogens is 262 g/mol. The molecule has 1 amide bonds. The molecule has 7 heteroatoms. The van der Waals surface area contributed by atoms with Gasteiger partial charge in [-0.25, -0.2) is 14.6 Å². The molecule has 0 bridgehead atoms. The molecule has 1 N–H and O–H groups in total. The lowest BCUT2D eigenvalue weighted by Crippen LogP contribution is -2.48. The minimum absolute atomic E-state index is 0.331. The van der Waals surface area contributed by atoms with Crippen LogP contribution in [0.4, 0.5) is 10.6 Å². The van der Waals surface area contributed by atoms with E-state index in [1.54, 1.807) is 19.1 Å². The van der Waals surface area contributed by atoms with Gasteiger partial charge in [-0.15, -0.1) is 0 Å². The molecular formula is C13H17N3O4. The van der Waals surface area contributed by atoms with Crippen LogP contribution >= 0.6 is 0 Å². The minimum Gasteiger partial charge on any atom is -0.465 e. The molecule has 2 rings (SSSR count). The first-order chi connectivity index (χ1) is 9.61. The molecule has 0 aromatic carbocycles. The molecule has 0 saturated carbocycles. The van der Waals surface area contributed by atoms with Crippen LogP contribution in [0.2, 0.25) is 0 Å². The van der Waals surface area contributed by atoms with Crippen molar-refractivity contribution in [3.63, 3.8) is 0 Å².